The Morgan fingerprint density at radius 2 is 1.91 bits per heavy atom. The van der Waals surface area contributed by atoms with Gasteiger partial charge in [0.25, 0.3) is 0 Å². The number of carbonyl (C=O) groups is 1. The fraction of sp³-hybridized carbons (Fsp3) is 0.524. The Morgan fingerprint density at radius 3 is 2.56 bits per heavy atom. The quantitative estimate of drug-likeness (QED) is 0.606. The molecule has 0 unspecified atom stereocenters. The molecule has 10 nitrogen and oxygen atoms in total. The van der Waals surface area contributed by atoms with E-state index in [4.69, 9.17) is 9.47 Å². The van der Waals surface area contributed by atoms with E-state index in [0.29, 0.717) is 29.4 Å². The Bertz CT molecular complexity index is 1130. The molecule has 1 saturated heterocycles. The van der Waals surface area contributed by atoms with Crippen molar-refractivity contribution < 1.29 is 18.7 Å². The number of ether oxygens (including phenoxy) is 2. The predicted molar refractivity (Wildman–Crippen MR) is 114 cm³/mol. The van der Waals surface area contributed by atoms with Gasteiger partial charge >= 0.3 is 6.09 Å². The minimum absolute atomic E-state index is 0.0503. The van der Waals surface area contributed by atoms with Crippen LogP contribution in [0.25, 0.3) is 22.6 Å². The topological polar surface area (TPSA) is 108 Å². The van der Waals surface area contributed by atoms with Crippen LogP contribution in [-0.2, 0) is 11.3 Å². The molecule has 1 fully saturated rings. The molecule has 0 aromatic carbocycles. The van der Waals surface area contributed by atoms with E-state index < -0.39 is 24.0 Å². The molecule has 1 aliphatic heterocycles. The van der Waals surface area contributed by atoms with E-state index in [1.54, 1.807) is 40.1 Å². The molecular weight excluding hydrogens is 417 g/mol. The van der Waals surface area contributed by atoms with Crippen LogP contribution in [-0.4, -0.2) is 71.4 Å². The second-order valence-electron chi connectivity index (χ2n) is 8.61. The van der Waals surface area contributed by atoms with Crippen LogP contribution in [0.15, 0.2) is 18.7 Å². The highest BCUT2D eigenvalue weighted by Gasteiger charge is 2.39. The van der Waals surface area contributed by atoms with Crippen molar-refractivity contribution in [2.45, 2.75) is 59.0 Å². The number of hydrogen-bond acceptors (Lipinski definition) is 8. The van der Waals surface area contributed by atoms with Crippen molar-refractivity contribution in [1.29, 1.82) is 0 Å². The summed E-state index contributed by atoms with van der Waals surface area (Å²) >= 11 is 0. The van der Waals surface area contributed by atoms with Crippen molar-refractivity contribution >= 4 is 17.3 Å². The van der Waals surface area contributed by atoms with Crippen LogP contribution in [0.5, 0.6) is 5.88 Å². The van der Waals surface area contributed by atoms with Crippen molar-refractivity contribution in [3.63, 3.8) is 0 Å². The third-order valence-corrected chi connectivity index (χ3v) is 4.97. The molecule has 4 heterocycles. The maximum atomic E-state index is 14.7. The summed E-state index contributed by atoms with van der Waals surface area (Å²) in [6.45, 7) is 9.60. The normalized spacial score (nSPS) is 18.9. The van der Waals surface area contributed by atoms with Gasteiger partial charge < -0.3 is 18.9 Å². The van der Waals surface area contributed by atoms with Gasteiger partial charge in [-0.2, -0.15) is 4.98 Å². The van der Waals surface area contributed by atoms with Gasteiger partial charge in [-0.05, 0) is 34.6 Å². The summed E-state index contributed by atoms with van der Waals surface area (Å²) in [6, 6.07) is 0. The molecule has 11 heteroatoms. The number of halogens is 1. The van der Waals surface area contributed by atoms with Crippen LogP contribution >= 0.6 is 0 Å². The molecule has 0 N–H and O–H groups in total. The number of aromatic nitrogens is 6. The third kappa shape index (κ3) is 4.32. The molecule has 4 rings (SSSR count). The molecule has 0 radical (unpaired) electrons. The molecule has 0 aliphatic carbocycles. The van der Waals surface area contributed by atoms with Gasteiger partial charge in [0.2, 0.25) is 5.88 Å². The number of likely N-dealkylation sites (tertiary alicyclic amines) is 1. The predicted octanol–water partition coefficient (Wildman–Crippen LogP) is 2.95. The molecule has 1 aliphatic rings. The lowest BCUT2D eigenvalue weighted by Crippen LogP contribution is -2.36. The Morgan fingerprint density at radius 1 is 1.19 bits per heavy atom. The maximum absolute atomic E-state index is 14.7. The lowest BCUT2D eigenvalue weighted by Gasteiger charge is -2.24. The number of fused-ring (bicyclic) bond motifs is 1. The Labute approximate surface area is 184 Å². The van der Waals surface area contributed by atoms with Crippen LogP contribution in [0, 0.1) is 6.92 Å². The number of aryl methyl sites for hydroxylation is 2. The molecule has 32 heavy (non-hydrogen) atoms. The molecule has 170 valence electrons. The van der Waals surface area contributed by atoms with E-state index in [-0.39, 0.29) is 19.0 Å². The number of hydrogen-bond donors (Lipinski definition) is 0. The lowest BCUT2D eigenvalue weighted by molar-refractivity contribution is 0.0273. The lowest BCUT2D eigenvalue weighted by atomic mass is 10.2. The van der Waals surface area contributed by atoms with E-state index in [1.807, 2.05) is 11.5 Å². The zero-order valence-corrected chi connectivity index (χ0v) is 18.7. The van der Waals surface area contributed by atoms with Crippen LogP contribution in [0.3, 0.4) is 0 Å². The van der Waals surface area contributed by atoms with Gasteiger partial charge in [0.05, 0.1) is 18.7 Å². The number of rotatable bonds is 4. The van der Waals surface area contributed by atoms with Crippen molar-refractivity contribution in [1.82, 2.24) is 34.4 Å². The SMILES string of the molecule is CCn1c(-c2cnc(C)nc2)nc2c(O[C@@H]3CN(C(=O)OC(C)(C)C)C[C@H]3F)ncnc21. The molecule has 3 aromatic rings. The van der Waals surface area contributed by atoms with E-state index in [0.717, 1.165) is 5.56 Å². The fourth-order valence-electron chi connectivity index (χ4n) is 3.49. The highest BCUT2D eigenvalue weighted by atomic mass is 19.1. The van der Waals surface area contributed by atoms with Crippen molar-refractivity contribution in [2.24, 2.45) is 0 Å². The Balaban J connectivity index is 1.61. The van der Waals surface area contributed by atoms with Crippen LogP contribution in [0.4, 0.5) is 9.18 Å². The second-order valence-corrected chi connectivity index (χ2v) is 8.61. The highest BCUT2D eigenvalue weighted by Crippen LogP contribution is 2.29. The molecular formula is C21H26FN7O3. The third-order valence-electron chi connectivity index (χ3n) is 4.97. The molecule has 2 atom stereocenters. The minimum atomic E-state index is -1.38. The number of imidazole rings is 1. The average molecular weight is 443 g/mol. The summed E-state index contributed by atoms with van der Waals surface area (Å²) in [7, 11) is 0. The van der Waals surface area contributed by atoms with Crippen molar-refractivity contribution in [3.05, 3.63) is 24.5 Å². The van der Waals surface area contributed by atoms with Crippen LogP contribution < -0.4 is 4.74 Å². The fourth-order valence-corrected chi connectivity index (χ4v) is 3.49. The Hall–Kier alpha value is -3.37. The van der Waals surface area contributed by atoms with Gasteiger partial charge in [0.15, 0.2) is 23.4 Å². The van der Waals surface area contributed by atoms with Crippen LogP contribution in [0.1, 0.15) is 33.5 Å². The van der Waals surface area contributed by atoms with Gasteiger partial charge in [-0.1, -0.05) is 0 Å². The maximum Gasteiger partial charge on any atom is 0.410 e. The summed E-state index contributed by atoms with van der Waals surface area (Å²) in [5, 5.41) is 0. The van der Waals surface area contributed by atoms with E-state index in [9.17, 15) is 9.18 Å². The molecule has 1 amide bonds. The number of alkyl halides is 1. The summed E-state index contributed by atoms with van der Waals surface area (Å²) < 4.78 is 27.8. The minimum Gasteiger partial charge on any atom is -0.468 e. The van der Waals surface area contributed by atoms with Gasteiger partial charge in [0.1, 0.15) is 23.6 Å². The van der Waals surface area contributed by atoms with E-state index in [2.05, 4.69) is 24.9 Å². The monoisotopic (exact) mass is 443 g/mol. The first-order valence-electron chi connectivity index (χ1n) is 10.4. The molecule has 0 spiro atoms. The highest BCUT2D eigenvalue weighted by molar-refractivity contribution is 5.81. The Kier molecular flexibility index (Phi) is 5.66. The van der Waals surface area contributed by atoms with Crippen molar-refractivity contribution in [2.75, 3.05) is 13.1 Å². The molecule has 0 bridgehead atoms. The summed E-state index contributed by atoms with van der Waals surface area (Å²) in [5.41, 5.74) is 1.03. The van der Waals surface area contributed by atoms with Gasteiger partial charge in [-0.15, -0.1) is 0 Å². The zero-order chi connectivity index (χ0) is 23.0. The molecule has 0 saturated carbocycles. The second kappa shape index (κ2) is 8.29. The summed E-state index contributed by atoms with van der Waals surface area (Å²) in [5.74, 6) is 1.43. The van der Waals surface area contributed by atoms with E-state index >= 15 is 0 Å². The molecule has 3 aromatic heterocycles. The number of nitrogens with zero attached hydrogens (tertiary/aromatic N) is 7. The zero-order valence-electron chi connectivity index (χ0n) is 18.7. The number of carbonyl (C=O) groups excluding carboxylic acids is 1. The largest absolute Gasteiger partial charge is 0.468 e. The number of amides is 1. The van der Waals surface area contributed by atoms with Gasteiger partial charge in [0, 0.05) is 18.9 Å². The smallest absolute Gasteiger partial charge is 0.410 e. The summed E-state index contributed by atoms with van der Waals surface area (Å²) in [4.78, 5) is 35.3. The first-order chi connectivity index (χ1) is 15.2. The van der Waals surface area contributed by atoms with Gasteiger partial charge in [-0.25, -0.2) is 29.1 Å². The van der Waals surface area contributed by atoms with Gasteiger partial charge in [-0.3, -0.25) is 0 Å². The van der Waals surface area contributed by atoms with Crippen molar-refractivity contribution in [3.8, 4) is 17.3 Å². The first kappa shape index (κ1) is 21.8. The first-order valence-corrected chi connectivity index (χ1v) is 10.4. The average Bonchev–Trinajstić information content (AvgIpc) is 3.28. The van der Waals surface area contributed by atoms with E-state index in [1.165, 1.54) is 11.2 Å². The van der Waals surface area contributed by atoms with Crippen LogP contribution in [0.2, 0.25) is 0 Å². The summed E-state index contributed by atoms with van der Waals surface area (Å²) in [6.07, 6.45) is 1.89. The standard InChI is InChI=1S/C21H26FN7O3/c1-6-29-17(13-7-23-12(2)24-8-13)27-16-18(29)25-11-26-19(16)31-15-10-28(9-14(15)22)20(30)32-21(3,4)5/h7-8,11,14-15H,6,9-10H2,1-5H3/t14-,15-/m1/s1.